The summed E-state index contributed by atoms with van der Waals surface area (Å²) in [6.07, 6.45) is 7.70. The van der Waals surface area contributed by atoms with Crippen molar-refractivity contribution in [2.75, 3.05) is 6.54 Å². The van der Waals surface area contributed by atoms with Gasteiger partial charge in [0.25, 0.3) is 0 Å². The van der Waals surface area contributed by atoms with E-state index in [1.165, 1.54) is 31.2 Å². The molecule has 0 amide bonds. The molecule has 28 heavy (non-hydrogen) atoms. The maximum atomic E-state index is 4.84. The standard InChI is InChI=1S/C21H31BrN6/c1-3-20-27-25-15-28(20)13-12-23-21(26-19-10-4-16(2)5-11-19)24-14-17-6-8-18(22)9-7-17/h6-9,15-16,19H,3-5,10-14H2,1-2H3,(H2,23,24,26). The van der Waals surface area contributed by atoms with E-state index in [1.807, 2.05) is 0 Å². The number of aliphatic imine (C=N–C) groups is 1. The van der Waals surface area contributed by atoms with E-state index in [2.05, 4.69) is 79.4 Å². The quantitative estimate of drug-likeness (QED) is 0.499. The van der Waals surface area contributed by atoms with E-state index >= 15 is 0 Å². The molecule has 2 aromatic rings. The maximum absolute atomic E-state index is 4.84. The monoisotopic (exact) mass is 446 g/mol. The molecular formula is C21H31BrN6. The first kappa shape index (κ1) is 20.8. The van der Waals surface area contributed by atoms with Gasteiger partial charge in [0, 0.05) is 30.0 Å². The molecule has 0 bridgehead atoms. The molecule has 1 aromatic heterocycles. The van der Waals surface area contributed by atoms with Crippen molar-refractivity contribution >= 4 is 21.9 Å². The van der Waals surface area contributed by atoms with Crippen molar-refractivity contribution in [1.82, 2.24) is 25.4 Å². The highest BCUT2D eigenvalue weighted by Crippen LogP contribution is 2.23. The van der Waals surface area contributed by atoms with Gasteiger partial charge in [-0.1, -0.05) is 41.9 Å². The molecule has 1 fully saturated rings. The number of nitrogens with one attached hydrogen (secondary N) is 2. The molecule has 152 valence electrons. The van der Waals surface area contributed by atoms with Crippen molar-refractivity contribution in [1.29, 1.82) is 0 Å². The highest BCUT2D eigenvalue weighted by Gasteiger charge is 2.19. The lowest BCUT2D eigenvalue weighted by atomic mass is 9.87. The molecule has 2 N–H and O–H groups in total. The molecule has 3 rings (SSSR count). The molecule has 0 unspecified atom stereocenters. The van der Waals surface area contributed by atoms with Crippen LogP contribution in [0.4, 0.5) is 0 Å². The van der Waals surface area contributed by atoms with Gasteiger partial charge in [-0.2, -0.15) is 0 Å². The maximum Gasteiger partial charge on any atom is 0.191 e. The molecule has 1 aromatic carbocycles. The van der Waals surface area contributed by atoms with E-state index in [9.17, 15) is 0 Å². The molecule has 0 radical (unpaired) electrons. The zero-order chi connectivity index (χ0) is 19.8. The average Bonchev–Trinajstić information content (AvgIpc) is 3.16. The van der Waals surface area contributed by atoms with Crippen molar-refractivity contribution in [2.45, 2.75) is 65.1 Å². The summed E-state index contributed by atoms with van der Waals surface area (Å²) in [5.41, 5.74) is 1.20. The first-order valence-electron chi connectivity index (χ1n) is 10.3. The number of nitrogens with zero attached hydrogens (tertiary/aromatic N) is 4. The van der Waals surface area contributed by atoms with Gasteiger partial charge in [0.15, 0.2) is 5.96 Å². The van der Waals surface area contributed by atoms with Gasteiger partial charge in [0.05, 0.1) is 6.54 Å². The summed E-state index contributed by atoms with van der Waals surface area (Å²) in [6, 6.07) is 8.85. The molecule has 0 atom stereocenters. The van der Waals surface area contributed by atoms with Crippen molar-refractivity contribution in [3.63, 3.8) is 0 Å². The van der Waals surface area contributed by atoms with Crippen LogP contribution in [0.2, 0.25) is 0 Å². The number of guanidine groups is 1. The van der Waals surface area contributed by atoms with Crippen LogP contribution in [0.5, 0.6) is 0 Å². The number of benzene rings is 1. The van der Waals surface area contributed by atoms with Gasteiger partial charge in [-0.15, -0.1) is 10.2 Å². The van der Waals surface area contributed by atoms with Gasteiger partial charge in [0.2, 0.25) is 0 Å². The van der Waals surface area contributed by atoms with Crippen LogP contribution in [0.15, 0.2) is 40.1 Å². The Labute approximate surface area is 176 Å². The van der Waals surface area contributed by atoms with Crippen molar-refractivity contribution < 1.29 is 0 Å². The third-order valence-electron chi connectivity index (χ3n) is 5.35. The lowest BCUT2D eigenvalue weighted by molar-refractivity contribution is 0.329. The van der Waals surface area contributed by atoms with Crippen LogP contribution >= 0.6 is 15.9 Å². The highest BCUT2D eigenvalue weighted by atomic mass is 79.9. The highest BCUT2D eigenvalue weighted by molar-refractivity contribution is 9.10. The van der Waals surface area contributed by atoms with E-state index in [0.717, 1.165) is 41.7 Å². The fourth-order valence-corrected chi connectivity index (χ4v) is 3.81. The van der Waals surface area contributed by atoms with Gasteiger partial charge in [-0.3, -0.25) is 0 Å². The lowest BCUT2D eigenvalue weighted by Crippen LogP contribution is -2.45. The van der Waals surface area contributed by atoms with E-state index in [0.29, 0.717) is 12.6 Å². The Hall–Kier alpha value is -1.89. The molecule has 0 spiro atoms. The SMILES string of the molecule is CCc1nncn1CCNC(=NCc1ccc(Br)cc1)NC1CCC(C)CC1. The third kappa shape index (κ3) is 6.33. The van der Waals surface area contributed by atoms with E-state index in [-0.39, 0.29) is 0 Å². The summed E-state index contributed by atoms with van der Waals surface area (Å²) in [7, 11) is 0. The summed E-state index contributed by atoms with van der Waals surface area (Å²) >= 11 is 3.49. The zero-order valence-electron chi connectivity index (χ0n) is 16.9. The number of rotatable bonds is 7. The molecule has 1 heterocycles. The molecule has 0 saturated heterocycles. The number of hydrogen-bond acceptors (Lipinski definition) is 3. The largest absolute Gasteiger partial charge is 0.355 e. The van der Waals surface area contributed by atoms with Crippen LogP contribution in [0.25, 0.3) is 0 Å². The van der Waals surface area contributed by atoms with Crippen LogP contribution in [-0.2, 0) is 19.5 Å². The Kier molecular flexibility index (Phi) is 7.89. The van der Waals surface area contributed by atoms with E-state index in [1.54, 1.807) is 6.33 Å². The van der Waals surface area contributed by atoms with Gasteiger partial charge >= 0.3 is 0 Å². The molecule has 1 aliphatic rings. The number of halogens is 1. The number of hydrogen-bond donors (Lipinski definition) is 2. The number of aromatic nitrogens is 3. The first-order valence-corrected chi connectivity index (χ1v) is 11.1. The van der Waals surface area contributed by atoms with Crippen LogP contribution < -0.4 is 10.6 Å². The summed E-state index contributed by atoms with van der Waals surface area (Å²) in [5, 5.41) is 15.3. The topological polar surface area (TPSA) is 67.1 Å². The Morgan fingerprint density at radius 2 is 1.96 bits per heavy atom. The third-order valence-corrected chi connectivity index (χ3v) is 5.88. The van der Waals surface area contributed by atoms with Gasteiger partial charge in [-0.25, -0.2) is 4.99 Å². The predicted octanol–water partition coefficient (Wildman–Crippen LogP) is 3.92. The fraction of sp³-hybridized carbons (Fsp3) is 0.571. The second-order valence-electron chi connectivity index (χ2n) is 7.61. The Morgan fingerprint density at radius 3 is 2.68 bits per heavy atom. The minimum atomic E-state index is 0.508. The summed E-state index contributed by atoms with van der Waals surface area (Å²) in [6.45, 7) is 6.74. The van der Waals surface area contributed by atoms with Crippen molar-refractivity contribution in [3.05, 3.63) is 46.5 Å². The predicted molar refractivity (Wildman–Crippen MR) is 117 cm³/mol. The minimum absolute atomic E-state index is 0.508. The zero-order valence-corrected chi connectivity index (χ0v) is 18.5. The fourth-order valence-electron chi connectivity index (χ4n) is 3.54. The van der Waals surface area contributed by atoms with Crippen molar-refractivity contribution in [3.8, 4) is 0 Å². The molecule has 1 saturated carbocycles. The second kappa shape index (κ2) is 10.6. The number of aryl methyl sites for hydroxylation is 1. The van der Waals surface area contributed by atoms with Crippen LogP contribution in [0.3, 0.4) is 0 Å². The minimum Gasteiger partial charge on any atom is -0.355 e. The molecular weight excluding hydrogens is 416 g/mol. The van der Waals surface area contributed by atoms with Gasteiger partial charge in [-0.05, 0) is 49.3 Å². The summed E-state index contributed by atoms with van der Waals surface area (Å²) in [4.78, 5) is 4.84. The van der Waals surface area contributed by atoms with Crippen LogP contribution in [0, 0.1) is 5.92 Å². The average molecular weight is 447 g/mol. The Morgan fingerprint density at radius 1 is 1.21 bits per heavy atom. The van der Waals surface area contributed by atoms with E-state index < -0.39 is 0 Å². The summed E-state index contributed by atoms with van der Waals surface area (Å²) in [5.74, 6) is 2.76. The van der Waals surface area contributed by atoms with Crippen molar-refractivity contribution in [2.24, 2.45) is 10.9 Å². The van der Waals surface area contributed by atoms with Gasteiger partial charge in [0.1, 0.15) is 12.2 Å². The Bertz CT molecular complexity index is 747. The normalized spacial score (nSPS) is 20.2. The molecule has 7 heteroatoms. The molecule has 0 aliphatic heterocycles. The smallest absolute Gasteiger partial charge is 0.191 e. The lowest BCUT2D eigenvalue weighted by Gasteiger charge is -2.28. The molecule has 6 nitrogen and oxygen atoms in total. The van der Waals surface area contributed by atoms with Gasteiger partial charge < -0.3 is 15.2 Å². The van der Waals surface area contributed by atoms with E-state index in [4.69, 9.17) is 4.99 Å². The molecule has 1 aliphatic carbocycles. The summed E-state index contributed by atoms with van der Waals surface area (Å²) < 4.78 is 3.19. The Balaban J connectivity index is 1.59. The van der Waals surface area contributed by atoms with Crippen LogP contribution in [-0.4, -0.2) is 33.3 Å². The first-order chi connectivity index (χ1) is 13.6. The second-order valence-corrected chi connectivity index (χ2v) is 8.53. The van der Waals surface area contributed by atoms with Crippen LogP contribution in [0.1, 0.15) is 50.9 Å².